The van der Waals surface area contributed by atoms with Crippen LogP contribution in [-0.2, 0) is 0 Å². The van der Waals surface area contributed by atoms with Gasteiger partial charge in [-0.25, -0.2) is 4.52 Å². The van der Waals surface area contributed by atoms with Gasteiger partial charge in [-0.3, -0.25) is 0 Å². The molecule has 0 saturated carbocycles. The molecule has 0 radical (unpaired) electrons. The highest BCUT2D eigenvalue weighted by Gasteiger charge is 2.13. The Morgan fingerprint density at radius 2 is 1.46 bits per heavy atom. The van der Waals surface area contributed by atoms with E-state index in [-0.39, 0.29) is 0 Å². The molecule has 0 aliphatic rings. The number of fused-ring (bicyclic) bond motifs is 5. The maximum atomic E-state index is 4.88. The summed E-state index contributed by atoms with van der Waals surface area (Å²) in [5.41, 5.74) is 5.78. The maximum absolute atomic E-state index is 4.88. The highest BCUT2D eigenvalue weighted by atomic mass is 15.2. The van der Waals surface area contributed by atoms with Crippen LogP contribution in [0.15, 0.2) is 78.9 Å². The molecule has 0 spiro atoms. The van der Waals surface area contributed by atoms with Gasteiger partial charge >= 0.3 is 0 Å². The molecular formula is C22H16N2. The van der Waals surface area contributed by atoms with Gasteiger partial charge in [0.15, 0.2) is 0 Å². The molecule has 0 atom stereocenters. The molecule has 3 aromatic carbocycles. The molecule has 0 aliphatic heterocycles. The molecule has 114 valence electrons. The van der Waals surface area contributed by atoms with Gasteiger partial charge in [-0.2, -0.15) is 5.10 Å². The molecule has 0 unspecified atom stereocenters. The molecule has 0 amide bonds. The Kier molecular flexibility index (Phi) is 2.74. The maximum Gasteiger partial charge on any atom is 0.0934 e. The lowest BCUT2D eigenvalue weighted by Crippen LogP contribution is -1.95. The minimum atomic E-state index is 1.03. The van der Waals surface area contributed by atoms with Crippen LogP contribution in [0.25, 0.3) is 38.4 Å². The van der Waals surface area contributed by atoms with Gasteiger partial charge in [-0.15, -0.1) is 0 Å². The minimum Gasteiger partial charge on any atom is -0.231 e. The summed E-state index contributed by atoms with van der Waals surface area (Å²) in [6.45, 7) is 2.11. The van der Waals surface area contributed by atoms with E-state index >= 15 is 0 Å². The molecule has 0 aliphatic carbocycles. The molecule has 5 aromatic rings. The van der Waals surface area contributed by atoms with Gasteiger partial charge in [-0.05, 0) is 24.4 Å². The van der Waals surface area contributed by atoms with E-state index in [0.717, 1.165) is 11.2 Å². The number of hydrogen-bond acceptors (Lipinski definition) is 1. The van der Waals surface area contributed by atoms with Crippen LogP contribution in [0.3, 0.4) is 0 Å². The topological polar surface area (TPSA) is 17.3 Å². The number of aromatic nitrogens is 2. The first-order valence-electron chi connectivity index (χ1n) is 8.17. The Morgan fingerprint density at radius 1 is 0.750 bits per heavy atom. The van der Waals surface area contributed by atoms with Crippen molar-refractivity contribution in [1.82, 2.24) is 9.61 Å². The van der Waals surface area contributed by atoms with E-state index in [1.54, 1.807) is 0 Å². The number of rotatable bonds is 1. The normalized spacial score (nSPS) is 11.5. The Bertz CT molecular complexity index is 1200. The highest BCUT2D eigenvalue weighted by molar-refractivity contribution is 6.10. The van der Waals surface area contributed by atoms with Crippen molar-refractivity contribution < 1.29 is 0 Å². The van der Waals surface area contributed by atoms with Crippen molar-refractivity contribution in [3.8, 4) is 11.3 Å². The third kappa shape index (κ3) is 1.86. The van der Waals surface area contributed by atoms with Gasteiger partial charge < -0.3 is 0 Å². The molecule has 2 heterocycles. The standard InChI is InChI=1S/C22H16N2/c1-15-10-12-16(13-11-15)21-14-17-6-2-3-7-18(17)22-19-8-4-5-9-20(19)23-24(21)22/h2-14H,1H3. The van der Waals surface area contributed by atoms with E-state index < -0.39 is 0 Å². The molecule has 0 fully saturated rings. The van der Waals surface area contributed by atoms with Gasteiger partial charge in [0.05, 0.1) is 16.7 Å². The van der Waals surface area contributed by atoms with Crippen LogP contribution < -0.4 is 0 Å². The quantitative estimate of drug-likeness (QED) is 0.393. The van der Waals surface area contributed by atoms with Crippen LogP contribution >= 0.6 is 0 Å². The third-order valence-electron chi connectivity index (χ3n) is 4.66. The third-order valence-corrected chi connectivity index (χ3v) is 4.66. The van der Waals surface area contributed by atoms with E-state index in [1.807, 2.05) is 6.07 Å². The van der Waals surface area contributed by atoms with Gasteiger partial charge in [-0.1, -0.05) is 72.3 Å². The first kappa shape index (κ1) is 13.3. The lowest BCUT2D eigenvalue weighted by Gasteiger charge is -2.09. The van der Waals surface area contributed by atoms with Crippen LogP contribution in [-0.4, -0.2) is 9.61 Å². The zero-order valence-electron chi connectivity index (χ0n) is 13.4. The number of benzene rings is 3. The lowest BCUT2D eigenvalue weighted by atomic mass is 10.0. The second-order valence-electron chi connectivity index (χ2n) is 6.26. The van der Waals surface area contributed by atoms with Crippen molar-refractivity contribution in [3.63, 3.8) is 0 Å². The molecule has 5 rings (SSSR count). The van der Waals surface area contributed by atoms with E-state index in [9.17, 15) is 0 Å². The number of nitrogens with zero attached hydrogens (tertiary/aromatic N) is 2. The fourth-order valence-electron chi connectivity index (χ4n) is 3.44. The lowest BCUT2D eigenvalue weighted by molar-refractivity contribution is 0.996. The average molecular weight is 308 g/mol. The second-order valence-corrected chi connectivity index (χ2v) is 6.26. The molecule has 0 bridgehead atoms. The van der Waals surface area contributed by atoms with E-state index in [4.69, 9.17) is 5.10 Å². The summed E-state index contributed by atoms with van der Waals surface area (Å²) >= 11 is 0. The number of aryl methyl sites for hydroxylation is 1. The number of pyridine rings is 1. The summed E-state index contributed by atoms with van der Waals surface area (Å²) in [4.78, 5) is 0. The van der Waals surface area contributed by atoms with Crippen LogP contribution in [0.4, 0.5) is 0 Å². The molecule has 0 N–H and O–H groups in total. The van der Waals surface area contributed by atoms with Crippen LogP contribution in [0.1, 0.15) is 5.56 Å². The largest absolute Gasteiger partial charge is 0.231 e. The van der Waals surface area contributed by atoms with Gasteiger partial charge in [0.2, 0.25) is 0 Å². The van der Waals surface area contributed by atoms with Crippen molar-refractivity contribution in [2.24, 2.45) is 0 Å². The smallest absolute Gasteiger partial charge is 0.0934 e. The second kappa shape index (κ2) is 4.93. The summed E-state index contributed by atoms with van der Waals surface area (Å²) in [6.07, 6.45) is 0. The monoisotopic (exact) mass is 308 g/mol. The SMILES string of the molecule is Cc1ccc(-c2cc3ccccc3c3c4ccccc4nn23)cc1. The Hall–Kier alpha value is -3.13. The molecule has 0 saturated heterocycles. The minimum absolute atomic E-state index is 1.03. The van der Waals surface area contributed by atoms with E-state index in [0.29, 0.717) is 0 Å². The Labute approximate surface area is 140 Å². The molecular weight excluding hydrogens is 292 g/mol. The molecule has 2 aromatic heterocycles. The zero-order valence-corrected chi connectivity index (χ0v) is 13.4. The van der Waals surface area contributed by atoms with Crippen LogP contribution in [0, 0.1) is 6.92 Å². The van der Waals surface area contributed by atoms with Crippen molar-refractivity contribution in [3.05, 3.63) is 84.4 Å². The first-order chi connectivity index (χ1) is 11.8. The summed E-state index contributed by atoms with van der Waals surface area (Å²) in [7, 11) is 0. The number of hydrogen-bond donors (Lipinski definition) is 0. The first-order valence-corrected chi connectivity index (χ1v) is 8.17. The average Bonchev–Trinajstić information content (AvgIpc) is 3.02. The Balaban J connectivity index is 2.00. The van der Waals surface area contributed by atoms with E-state index in [1.165, 1.54) is 32.8 Å². The molecule has 24 heavy (non-hydrogen) atoms. The van der Waals surface area contributed by atoms with Gasteiger partial charge in [0.25, 0.3) is 0 Å². The van der Waals surface area contributed by atoms with Gasteiger partial charge in [0, 0.05) is 16.3 Å². The van der Waals surface area contributed by atoms with Crippen molar-refractivity contribution in [1.29, 1.82) is 0 Å². The van der Waals surface area contributed by atoms with Crippen molar-refractivity contribution in [2.45, 2.75) is 6.92 Å². The van der Waals surface area contributed by atoms with Crippen LogP contribution in [0.5, 0.6) is 0 Å². The molecule has 2 heteroatoms. The van der Waals surface area contributed by atoms with Crippen LogP contribution in [0.2, 0.25) is 0 Å². The highest BCUT2D eigenvalue weighted by Crippen LogP contribution is 2.32. The summed E-state index contributed by atoms with van der Waals surface area (Å²) < 4.78 is 2.09. The van der Waals surface area contributed by atoms with Gasteiger partial charge in [0.1, 0.15) is 0 Å². The fourth-order valence-corrected chi connectivity index (χ4v) is 3.44. The molecule has 2 nitrogen and oxygen atoms in total. The van der Waals surface area contributed by atoms with E-state index in [2.05, 4.69) is 84.2 Å². The predicted molar refractivity (Wildman–Crippen MR) is 100 cm³/mol. The summed E-state index contributed by atoms with van der Waals surface area (Å²) in [5, 5.41) is 8.56. The predicted octanol–water partition coefficient (Wildman–Crippen LogP) is 5.62. The van der Waals surface area contributed by atoms with Crippen molar-refractivity contribution >= 4 is 27.2 Å². The summed E-state index contributed by atoms with van der Waals surface area (Å²) in [6, 6.07) is 27.8. The zero-order chi connectivity index (χ0) is 16.1. The fraction of sp³-hybridized carbons (Fsp3) is 0.0455. The Morgan fingerprint density at radius 3 is 2.29 bits per heavy atom. The summed E-state index contributed by atoms with van der Waals surface area (Å²) in [5.74, 6) is 0. The van der Waals surface area contributed by atoms with Crippen molar-refractivity contribution in [2.75, 3.05) is 0 Å².